The highest BCUT2D eigenvalue weighted by Crippen LogP contribution is 2.17. The summed E-state index contributed by atoms with van der Waals surface area (Å²) in [6.07, 6.45) is 3.17. The quantitative estimate of drug-likeness (QED) is 0.576. The number of carbonyl (C=O) groups excluding carboxylic acids is 2. The maximum atomic E-state index is 12.9. The van der Waals surface area contributed by atoms with Crippen LogP contribution in [0.2, 0.25) is 0 Å². The molecule has 2 aromatic carbocycles. The van der Waals surface area contributed by atoms with Gasteiger partial charge in [-0.05, 0) is 56.5 Å². The van der Waals surface area contributed by atoms with Gasteiger partial charge in [-0.15, -0.1) is 0 Å². The van der Waals surface area contributed by atoms with E-state index in [-0.39, 0.29) is 17.9 Å². The Bertz CT molecular complexity index is 1050. The zero-order valence-corrected chi connectivity index (χ0v) is 18.6. The largest absolute Gasteiger partial charge is 0.350 e. The average molecular weight is 419 g/mol. The number of nitrogens with one attached hydrogen (secondary N) is 2. The summed E-state index contributed by atoms with van der Waals surface area (Å²) in [5.74, 6) is -0.278. The van der Waals surface area contributed by atoms with Crippen molar-refractivity contribution in [3.63, 3.8) is 0 Å². The first-order valence-corrected chi connectivity index (χ1v) is 10.7. The molecule has 162 valence electrons. The van der Waals surface area contributed by atoms with Crippen LogP contribution in [-0.4, -0.2) is 27.6 Å². The predicted octanol–water partition coefficient (Wildman–Crippen LogP) is 4.20. The van der Waals surface area contributed by atoms with Crippen LogP contribution in [0.4, 0.5) is 0 Å². The summed E-state index contributed by atoms with van der Waals surface area (Å²) in [7, 11) is 0. The third-order valence-corrected chi connectivity index (χ3v) is 5.36. The van der Waals surface area contributed by atoms with Crippen molar-refractivity contribution in [2.24, 2.45) is 0 Å². The van der Waals surface area contributed by atoms with Gasteiger partial charge in [-0.1, -0.05) is 43.7 Å². The molecule has 1 aromatic heterocycles. The molecule has 1 unspecified atom stereocenters. The topological polar surface area (TPSA) is 76.0 Å². The average Bonchev–Trinajstić information content (AvgIpc) is 3.22. The molecule has 3 rings (SSSR count). The zero-order valence-electron chi connectivity index (χ0n) is 18.6. The molecule has 6 heteroatoms. The Balaban J connectivity index is 1.71. The fourth-order valence-electron chi connectivity index (χ4n) is 3.32. The first-order chi connectivity index (χ1) is 14.9. The Hall–Kier alpha value is -3.41. The van der Waals surface area contributed by atoms with Crippen LogP contribution in [0.3, 0.4) is 0 Å². The lowest BCUT2D eigenvalue weighted by Crippen LogP contribution is -2.32. The number of hydrogen-bond acceptors (Lipinski definition) is 3. The van der Waals surface area contributed by atoms with Gasteiger partial charge in [0.2, 0.25) is 0 Å². The fourth-order valence-corrected chi connectivity index (χ4v) is 3.32. The first-order valence-electron chi connectivity index (χ1n) is 10.7. The number of rotatable bonds is 8. The summed E-state index contributed by atoms with van der Waals surface area (Å²) < 4.78 is 1.81. The van der Waals surface area contributed by atoms with E-state index >= 15 is 0 Å². The molecule has 0 bridgehead atoms. The van der Waals surface area contributed by atoms with Crippen LogP contribution < -0.4 is 10.6 Å². The van der Waals surface area contributed by atoms with Crippen molar-refractivity contribution in [3.8, 4) is 5.69 Å². The van der Waals surface area contributed by atoms with Crippen LogP contribution in [0.25, 0.3) is 5.69 Å². The second-order valence-electron chi connectivity index (χ2n) is 7.77. The number of benzene rings is 2. The van der Waals surface area contributed by atoms with Crippen LogP contribution >= 0.6 is 0 Å². The summed E-state index contributed by atoms with van der Waals surface area (Å²) in [5.41, 5.74) is 4.99. The highest BCUT2D eigenvalue weighted by Gasteiger charge is 2.17. The van der Waals surface area contributed by atoms with E-state index in [2.05, 4.69) is 15.7 Å². The van der Waals surface area contributed by atoms with Crippen molar-refractivity contribution in [1.82, 2.24) is 20.4 Å². The highest BCUT2D eigenvalue weighted by molar-refractivity contribution is 5.96. The van der Waals surface area contributed by atoms with E-state index in [1.807, 2.05) is 74.8 Å². The molecule has 0 saturated carbocycles. The molecule has 0 spiro atoms. The summed E-state index contributed by atoms with van der Waals surface area (Å²) >= 11 is 0. The molecule has 0 fully saturated rings. The summed E-state index contributed by atoms with van der Waals surface area (Å²) in [4.78, 5) is 25.2. The number of aryl methyl sites for hydroxylation is 1. The van der Waals surface area contributed by atoms with E-state index in [1.165, 1.54) is 5.56 Å². The van der Waals surface area contributed by atoms with Crippen LogP contribution in [0, 0.1) is 6.92 Å². The monoisotopic (exact) mass is 418 g/mol. The molecule has 0 saturated heterocycles. The Morgan fingerprint density at radius 2 is 1.81 bits per heavy atom. The number of hydrogen-bond donors (Lipinski definition) is 2. The van der Waals surface area contributed by atoms with Crippen LogP contribution in [0.1, 0.15) is 64.7 Å². The molecule has 1 heterocycles. The van der Waals surface area contributed by atoms with Gasteiger partial charge in [0.15, 0.2) is 0 Å². The minimum absolute atomic E-state index is 0.102. The van der Waals surface area contributed by atoms with Gasteiger partial charge in [0.25, 0.3) is 11.8 Å². The highest BCUT2D eigenvalue weighted by atomic mass is 16.2. The van der Waals surface area contributed by atoms with Crippen molar-refractivity contribution in [2.45, 2.75) is 53.1 Å². The number of carbonyl (C=O) groups is 2. The number of nitrogens with zero attached hydrogens (tertiary/aromatic N) is 2. The molecule has 0 aliphatic rings. The van der Waals surface area contributed by atoms with Crippen LogP contribution in [-0.2, 0) is 13.0 Å². The third kappa shape index (κ3) is 5.40. The molecule has 3 aromatic rings. The van der Waals surface area contributed by atoms with E-state index in [0.29, 0.717) is 24.1 Å². The number of amides is 2. The number of aromatic nitrogens is 2. The van der Waals surface area contributed by atoms with Gasteiger partial charge in [-0.2, -0.15) is 5.10 Å². The molecular weight excluding hydrogens is 388 g/mol. The minimum Gasteiger partial charge on any atom is -0.350 e. The van der Waals surface area contributed by atoms with Gasteiger partial charge in [0, 0.05) is 18.2 Å². The summed E-state index contributed by atoms with van der Waals surface area (Å²) in [6, 6.07) is 15.5. The second kappa shape index (κ2) is 10.1. The molecule has 2 amide bonds. The lowest BCUT2D eigenvalue weighted by molar-refractivity contribution is 0.0936. The molecule has 0 aliphatic carbocycles. The molecule has 2 N–H and O–H groups in total. The minimum atomic E-state index is -0.176. The summed E-state index contributed by atoms with van der Waals surface area (Å²) in [6.45, 7) is 8.39. The van der Waals surface area contributed by atoms with Crippen molar-refractivity contribution < 1.29 is 9.59 Å². The molecule has 6 nitrogen and oxygen atoms in total. The molecule has 1 atom stereocenters. The smallest absolute Gasteiger partial charge is 0.255 e. The predicted molar refractivity (Wildman–Crippen MR) is 123 cm³/mol. The van der Waals surface area contributed by atoms with Crippen LogP contribution in [0.15, 0.2) is 54.7 Å². The Morgan fingerprint density at radius 1 is 1.06 bits per heavy atom. The van der Waals surface area contributed by atoms with Gasteiger partial charge in [0.05, 0.1) is 23.1 Å². The Kier molecular flexibility index (Phi) is 7.23. The maximum absolute atomic E-state index is 12.9. The van der Waals surface area contributed by atoms with E-state index in [9.17, 15) is 9.59 Å². The van der Waals surface area contributed by atoms with Gasteiger partial charge >= 0.3 is 0 Å². The van der Waals surface area contributed by atoms with E-state index < -0.39 is 0 Å². The van der Waals surface area contributed by atoms with Crippen molar-refractivity contribution in [2.75, 3.05) is 0 Å². The van der Waals surface area contributed by atoms with E-state index in [1.54, 1.807) is 12.3 Å². The molecular formula is C25H30N4O2. The second-order valence-corrected chi connectivity index (χ2v) is 7.77. The Morgan fingerprint density at radius 3 is 2.48 bits per heavy atom. The van der Waals surface area contributed by atoms with Crippen LogP contribution in [0.5, 0.6) is 0 Å². The molecule has 0 aliphatic heterocycles. The lowest BCUT2D eigenvalue weighted by Gasteiger charge is -2.12. The van der Waals surface area contributed by atoms with Gasteiger partial charge < -0.3 is 10.6 Å². The fraction of sp³-hybridized carbons (Fsp3) is 0.320. The standard InChI is InChI=1S/C25H30N4O2/c1-5-18(4)28-24(30)20-9-7-8-19(14-20)15-26-25(31)22-16-27-29(23(22)6-2)21-12-10-17(3)11-13-21/h7-14,16,18H,5-6,15H2,1-4H3,(H,26,31)(H,28,30). The van der Waals surface area contributed by atoms with Gasteiger partial charge in [-0.25, -0.2) is 4.68 Å². The van der Waals surface area contributed by atoms with Crippen molar-refractivity contribution >= 4 is 11.8 Å². The lowest BCUT2D eigenvalue weighted by atomic mass is 10.1. The Labute approximate surface area is 183 Å². The molecule has 31 heavy (non-hydrogen) atoms. The van der Waals surface area contributed by atoms with Gasteiger partial charge in [-0.3, -0.25) is 9.59 Å². The third-order valence-electron chi connectivity index (χ3n) is 5.36. The zero-order chi connectivity index (χ0) is 22.4. The van der Waals surface area contributed by atoms with E-state index in [0.717, 1.165) is 23.4 Å². The first kappa shape index (κ1) is 22.3. The molecule has 0 radical (unpaired) electrons. The summed E-state index contributed by atoms with van der Waals surface area (Å²) in [5, 5.41) is 10.4. The van der Waals surface area contributed by atoms with Crippen molar-refractivity contribution in [3.05, 3.63) is 82.7 Å². The normalized spacial score (nSPS) is 11.7. The SMILES string of the molecule is CCc1c(C(=O)NCc2cccc(C(=O)NC(C)CC)c2)cnn1-c1ccc(C)cc1. The van der Waals surface area contributed by atoms with Gasteiger partial charge in [0.1, 0.15) is 0 Å². The van der Waals surface area contributed by atoms with E-state index in [4.69, 9.17) is 0 Å². The van der Waals surface area contributed by atoms with Crippen molar-refractivity contribution in [1.29, 1.82) is 0 Å². The maximum Gasteiger partial charge on any atom is 0.255 e.